The smallest absolute Gasteiger partial charge is 0.270 e. The molecule has 24 heavy (non-hydrogen) atoms. The number of benzene rings is 3. The quantitative estimate of drug-likeness (QED) is 0.406. The van der Waals surface area contributed by atoms with Crippen molar-refractivity contribution in [3.05, 3.63) is 89.1 Å². The second kappa shape index (κ2) is 5.66. The van der Waals surface area contributed by atoms with Crippen LogP contribution in [0.5, 0.6) is 0 Å². The van der Waals surface area contributed by atoms with Crippen LogP contribution in [0.15, 0.2) is 79.0 Å². The summed E-state index contributed by atoms with van der Waals surface area (Å²) in [7, 11) is 0. The maximum Gasteiger partial charge on any atom is 0.270 e. The zero-order valence-corrected chi connectivity index (χ0v) is 12.8. The van der Waals surface area contributed by atoms with E-state index in [4.69, 9.17) is 0 Å². The third kappa shape index (κ3) is 2.44. The first-order chi connectivity index (χ1) is 11.7. The van der Waals surface area contributed by atoms with E-state index in [0.29, 0.717) is 0 Å². The van der Waals surface area contributed by atoms with Crippen molar-refractivity contribution in [1.82, 2.24) is 4.98 Å². The van der Waals surface area contributed by atoms with Crippen LogP contribution in [0.2, 0.25) is 0 Å². The molecule has 1 N–H and O–H groups in total. The highest BCUT2D eigenvalue weighted by atomic mass is 16.6. The van der Waals surface area contributed by atoms with Gasteiger partial charge < -0.3 is 4.98 Å². The van der Waals surface area contributed by atoms with Crippen molar-refractivity contribution in [2.24, 2.45) is 0 Å². The summed E-state index contributed by atoms with van der Waals surface area (Å²) in [4.78, 5) is 14.1. The van der Waals surface area contributed by atoms with Crippen LogP contribution in [0.3, 0.4) is 0 Å². The molecular weight excluding hydrogens is 300 g/mol. The van der Waals surface area contributed by atoms with Crippen molar-refractivity contribution in [3.8, 4) is 22.3 Å². The molecule has 0 aliphatic carbocycles. The molecule has 0 atom stereocenters. The summed E-state index contributed by atoms with van der Waals surface area (Å²) >= 11 is 0. The standard InChI is InChI=1S/C20H14N2O2/c23-22(24)18-12-17-9-10-21-20(17)19(13-18)16-8-4-7-15(11-16)14-5-2-1-3-6-14/h1-13,21H. The van der Waals surface area contributed by atoms with E-state index in [1.54, 1.807) is 18.3 Å². The number of nitrogens with zero attached hydrogens (tertiary/aromatic N) is 1. The molecule has 0 fully saturated rings. The molecule has 0 bridgehead atoms. The van der Waals surface area contributed by atoms with Gasteiger partial charge in [-0.25, -0.2) is 0 Å². The molecule has 4 heteroatoms. The van der Waals surface area contributed by atoms with Gasteiger partial charge in [-0.2, -0.15) is 0 Å². The summed E-state index contributed by atoms with van der Waals surface area (Å²) in [5, 5.41) is 12.1. The van der Waals surface area contributed by atoms with E-state index in [-0.39, 0.29) is 10.6 Å². The second-order valence-electron chi connectivity index (χ2n) is 5.64. The van der Waals surface area contributed by atoms with Crippen LogP contribution < -0.4 is 0 Å². The molecule has 1 heterocycles. The van der Waals surface area contributed by atoms with E-state index in [2.05, 4.69) is 23.2 Å². The Morgan fingerprint density at radius 1 is 0.792 bits per heavy atom. The highest BCUT2D eigenvalue weighted by Gasteiger charge is 2.14. The summed E-state index contributed by atoms with van der Waals surface area (Å²) < 4.78 is 0. The molecule has 0 saturated carbocycles. The van der Waals surface area contributed by atoms with Crippen molar-refractivity contribution in [2.75, 3.05) is 0 Å². The lowest BCUT2D eigenvalue weighted by atomic mass is 9.97. The fourth-order valence-electron chi connectivity index (χ4n) is 2.99. The van der Waals surface area contributed by atoms with Gasteiger partial charge in [0.05, 0.1) is 10.4 Å². The molecule has 0 radical (unpaired) electrons. The predicted molar refractivity (Wildman–Crippen MR) is 95.8 cm³/mol. The Labute approximate surface area is 138 Å². The lowest BCUT2D eigenvalue weighted by Crippen LogP contribution is -1.90. The number of nitro groups is 1. The van der Waals surface area contributed by atoms with Gasteiger partial charge in [0.1, 0.15) is 0 Å². The fourth-order valence-corrected chi connectivity index (χ4v) is 2.99. The number of nitro benzene ring substituents is 1. The number of aromatic amines is 1. The Morgan fingerprint density at radius 2 is 1.54 bits per heavy atom. The SMILES string of the molecule is O=[N+]([O-])c1cc(-c2cccc(-c3ccccc3)c2)c2[nH]ccc2c1. The summed E-state index contributed by atoms with van der Waals surface area (Å²) in [5.41, 5.74) is 4.99. The average Bonchev–Trinajstić information content (AvgIpc) is 3.10. The molecule has 0 spiro atoms. The Morgan fingerprint density at radius 3 is 2.33 bits per heavy atom. The van der Waals surface area contributed by atoms with Crippen LogP contribution in [0, 0.1) is 10.1 Å². The molecule has 0 amide bonds. The van der Waals surface area contributed by atoms with E-state index in [0.717, 1.165) is 33.2 Å². The third-order valence-corrected chi connectivity index (χ3v) is 4.14. The van der Waals surface area contributed by atoms with Gasteiger partial charge in [0.25, 0.3) is 5.69 Å². The summed E-state index contributed by atoms with van der Waals surface area (Å²) in [6, 6.07) is 23.2. The zero-order chi connectivity index (χ0) is 16.5. The minimum atomic E-state index is -0.350. The van der Waals surface area contributed by atoms with Crippen molar-refractivity contribution >= 4 is 16.6 Å². The molecular formula is C20H14N2O2. The van der Waals surface area contributed by atoms with Crippen molar-refractivity contribution in [1.29, 1.82) is 0 Å². The number of nitrogens with one attached hydrogen (secondary N) is 1. The maximum absolute atomic E-state index is 11.2. The molecule has 4 aromatic rings. The summed E-state index contributed by atoms with van der Waals surface area (Å²) in [6.45, 7) is 0. The highest BCUT2D eigenvalue weighted by Crippen LogP contribution is 2.34. The van der Waals surface area contributed by atoms with Crippen molar-refractivity contribution in [3.63, 3.8) is 0 Å². The third-order valence-electron chi connectivity index (χ3n) is 4.14. The highest BCUT2D eigenvalue weighted by molar-refractivity contribution is 5.96. The van der Waals surface area contributed by atoms with Crippen LogP contribution in [0.1, 0.15) is 0 Å². The molecule has 0 aliphatic rings. The number of fused-ring (bicyclic) bond motifs is 1. The Kier molecular flexibility index (Phi) is 3.35. The Hall–Kier alpha value is -3.40. The molecule has 0 unspecified atom stereocenters. The minimum Gasteiger partial charge on any atom is -0.361 e. The normalized spacial score (nSPS) is 10.8. The van der Waals surface area contributed by atoms with Gasteiger partial charge in [-0.05, 0) is 28.8 Å². The fraction of sp³-hybridized carbons (Fsp3) is 0. The summed E-state index contributed by atoms with van der Waals surface area (Å²) in [5.74, 6) is 0. The lowest BCUT2D eigenvalue weighted by Gasteiger charge is -2.08. The van der Waals surface area contributed by atoms with Crippen molar-refractivity contribution in [2.45, 2.75) is 0 Å². The van der Waals surface area contributed by atoms with Crippen LogP contribution in [-0.4, -0.2) is 9.91 Å². The lowest BCUT2D eigenvalue weighted by molar-refractivity contribution is -0.384. The van der Waals surface area contributed by atoms with E-state index in [9.17, 15) is 10.1 Å². The second-order valence-corrected chi connectivity index (χ2v) is 5.64. The molecule has 4 rings (SSSR count). The first-order valence-corrected chi connectivity index (χ1v) is 7.64. The number of hydrogen-bond donors (Lipinski definition) is 1. The molecule has 1 aromatic heterocycles. The van der Waals surface area contributed by atoms with Gasteiger partial charge in [-0.1, -0.05) is 48.5 Å². The van der Waals surface area contributed by atoms with Gasteiger partial charge >= 0.3 is 0 Å². The van der Waals surface area contributed by atoms with Crippen LogP contribution in [-0.2, 0) is 0 Å². The minimum absolute atomic E-state index is 0.0993. The monoisotopic (exact) mass is 314 g/mol. The maximum atomic E-state index is 11.2. The average molecular weight is 314 g/mol. The zero-order valence-electron chi connectivity index (χ0n) is 12.8. The van der Waals surface area contributed by atoms with Crippen LogP contribution >= 0.6 is 0 Å². The van der Waals surface area contributed by atoms with Crippen LogP contribution in [0.25, 0.3) is 33.2 Å². The number of non-ortho nitro benzene ring substituents is 1. The topological polar surface area (TPSA) is 58.9 Å². The largest absolute Gasteiger partial charge is 0.361 e. The van der Waals surface area contributed by atoms with E-state index < -0.39 is 0 Å². The van der Waals surface area contributed by atoms with Gasteiger partial charge in [0, 0.05) is 29.3 Å². The number of rotatable bonds is 3. The number of aromatic nitrogens is 1. The van der Waals surface area contributed by atoms with Gasteiger partial charge in [0.2, 0.25) is 0 Å². The molecule has 3 aromatic carbocycles. The Balaban J connectivity index is 1.92. The van der Waals surface area contributed by atoms with Crippen molar-refractivity contribution < 1.29 is 4.92 Å². The molecule has 4 nitrogen and oxygen atoms in total. The van der Waals surface area contributed by atoms with E-state index in [1.807, 2.05) is 42.5 Å². The Bertz CT molecular complexity index is 1040. The molecule has 0 saturated heterocycles. The summed E-state index contributed by atoms with van der Waals surface area (Å²) in [6.07, 6.45) is 1.80. The first kappa shape index (κ1) is 14.2. The number of H-pyrrole nitrogens is 1. The van der Waals surface area contributed by atoms with E-state index in [1.165, 1.54) is 0 Å². The van der Waals surface area contributed by atoms with Gasteiger partial charge in [-0.15, -0.1) is 0 Å². The van der Waals surface area contributed by atoms with Gasteiger partial charge in [0.15, 0.2) is 0 Å². The first-order valence-electron chi connectivity index (χ1n) is 7.64. The van der Waals surface area contributed by atoms with Gasteiger partial charge in [-0.3, -0.25) is 10.1 Å². The van der Waals surface area contributed by atoms with Crippen LogP contribution in [0.4, 0.5) is 5.69 Å². The molecule has 0 aliphatic heterocycles. The predicted octanol–water partition coefficient (Wildman–Crippen LogP) is 5.41. The number of hydrogen-bond acceptors (Lipinski definition) is 2. The molecule has 116 valence electrons. The van der Waals surface area contributed by atoms with E-state index >= 15 is 0 Å².